The minimum Gasteiger partial charge on any atom is -0.481 e. The van der Waals surface area contributed by atoms with Crippen LogP contribution in [0.4, 0.5) is 0 Å². The van der Waals surface area contributed by atoms with Gasteiger partial charge in [0.25, 0.3) is 5.91 Å². The Morgan fingerprint density at radius 3 is 2.31 bits per heavy atom. The first-order valence-corrected chi connectivity index (χ1v) is 18.6. The molecule has 7 atom stereocenters. The van der Waals surface area contributed by atoms with Crippen molar-refractivity contribution in [3.8, 4) is 0 Å². The third-order valence-electron chi connectivity index (χ3n) is 9.53. The number of rotatable bonds is 18. The van der Waals surface area contributed by atoms with E-state index in [1.54, 1.807) is 24.3 Å². The van der Waals surface area contributed by atoms with Crippen LogP contribution >= 0.6 is 23.7 Å². The average Bonchev–Trinajstić information content (AvgIpc) is 3.59. The summed E-state index contributed by atoms with van der Waals surface area (Å²) in [5.41, 5.74) is 1.09. The van der Waals surface area contributed by atoms with Crippen LogP contribution in [0.15, 0.2) is 35.7 Å². The van der Waals surface area contributed by atoms with Crippen molar-refractivity contribution in [2.24, 2.45) is 17.8 Å². The second-order valence-electron chi connectivity index (χ2n) is 13.9. The second-order valence-corrected chi connectivity index (χ2v) is 14.8. The highest BCUT2D eigenvalue weighted by Gasteiger charge is 2.36. The zero-order valence-electron chi connectivity index (χ0n) is 30.8. The van der Waals surface area contributed by atoms with Crippen molar-refractivity contribution in [3.63, 3.8) is 0 Å². The molecule has 14 heteroatoms. The lowest BCUT2D eigenvalue weighted by atomic mass is 9.92. The van der Waals surface area contributed by atoms with Crippen LogP contribution in [-0.4, -0.2) is 82.4 Å². The molecule has 0 saturated carbocycles. The predicted octanol–water partition coefficient (Wildman–Crippen LogP) is 5.17. The van der Waals surface area contributed by atoms with Crippen molar-refractivity contribution in [3.05, 3.63) is 52.0 Å². The number of carbonyl (C=O) groups excluding carboxylic acids is 4. The van der Waals surface area contributed by atoms with Crippen molar-refractivity contribution >= 4 is 53.4 Å². The predicted molar refractivity (Wildman–Crippen MR) is 200 cm³/mol. The van der Waals surface area contributed by atoms with E-state index in [1.165, 1.54) is 18.3 Å². The standard InChI is InChI=1S/C37H55N5O7S.ClH/c1-8-23(4)32(41-33(44)28-16-12-13-17-38-28)36(46)42(7)30(22(2)3)20-31(49-25(6)43)35-40-29(21-50-35)34(45)39-27(18-24(5)37(47)48)19-26-14-10-9-11-15-26;/h9-11,14-15,21-24,27-28,30-32,38H,8,12-13,16-20H2,1-7H3,(H,39,45)(H,41,44)(H,47,48);1H/t23?,24?,27?,28-,30?,31?,32?;/m1./s1. The SMILES string of the molecule is CCC(C)C(NC(=O)[C@H]1CCCCN1)C(=O)N(C)C(CC(OC(C)=O)c1nc(C(=O)NC(Cc2ccccc2)CC(C)C(=O)O)cs1)C(C)C.Cl. The summed E-state index contributed by atoms with van der Waals surface area (Å²) in [7, 11) is 1.71. The van der Waals surface area contributed by atoms with E-state index in [0.29, 0.717) is 17.8 Å². The number of piperidine rings is 1. The van der Waals surface area contributed by atoms with Gasteiger partial charge in [-0.05, 0) is 49.6 Å². The fourth-order valence-electron chi connectivity index (χ4n) is 6.31. The molecule has 4 N–H and O–H groups in total. The molecule has 6 unspecified atom stereocenters. The number of benzene rings is 1. The monoisotopic (exact) mass is 749 g/mol. The number of carboxylic acid groups (broad SMARTS) is 1. The number of carboxylic acids is 1. The van der Waals surface area contributed by atoms with E-state index in [1.807, 2.05) is 58.0 Å². The van der Waals surface area contributed by atoms with E-state index in [0.717, 1.165) is 31.4 Å². The summed E-state index contributed by atoms with van der Waals surface area (Å²) >= 11 is 1.18. The maximum atomic E-state index is 14.1. The number of nitrogens with one attached hydrogen (secondary N) is 3. The number of esters is 1. The second kappa shape index (κ2) is 21.1. The van der Waals surface area contributed by atoms with Gasteiger partial charge in [0, 0.05) is 37.9 Å². The Balaban J connectivity index is 0.00000901. The number of thiazole rings is 1. The quantitative estimate of drug-likeness (QED) is 0.151. The third-order valence-corrected chi connectivity index (χ3v) is 10.5. The van der Waals surface area contributed by atoms with Gasteiger partial charge in [0.15, 0.2) is 6.10 Å². The zero-order valence-corrected chi connectivity index (χ0v) is 32.5. The molecular weight excluding hydrogens is 694 g/mol. The van der Waals surface area contributed by atoms with Gasteiger partial charge in [0.05, 0.1) is 12.0 Å². The fourth-order valence-corrected chi connectivity index (χ4v) is 7.15. The largest absolute Gasteiger partial charge is 0.481 e. The Hall–Kier alpha value is -3.55. The zero-order chi connectivity index (χ0) is 37.0. The fraction of sp³-hybridized carbons (Fsp3) is 0.622. The number of aromatic nitrogens is 1. The van der Waals surface area contributed by atoms with E-state index < -0.39 is 48.0 Å². The van der Waals surface area contributed by atoms with Gasteiger partial charge in [0.2, 0.25) is 11.8 Å². The highest BCUT2D eigenvalue weighted by Crippen LogP contribution is 2.31. The van der Waals surface area contributed by atoms with Crippen molar-refractivity contribution in [1.82, 2.24) is 25.8 Å². The molecule has 0 spiro atoms. The molecule has 1 aliphatic heterocycles. The summed E-state index contributed by atoms with van der Waals surface area (Å²) in [6, 6.07) is 7.63. The molecule has 0 radical (unpaired) electrons. The lowest BCUT2D eigenvalue weighted by molar-refractivity contribution is -0.149. The number of likely N-dealkylation sites (N-methyl/N-ethyl adjacent to an activating group) is 1. The molecule has 3 amide bonds. The van der Waals surface area contributed by atoms with Gasteiger partial charge in [-0.25, -0.2) is 4.98 Å². The normalized spacial score (nSPS) is 17.8. The molecule has 0 aliphatic carbocycles. The molecular formula is C37H56ClN5O7S. The van der Waals surface area contributed by atoms with Crippen LogP contribution in [0.5, 0.6) is 0 Å². The number of halogens is 1. The average molecular weight is 750 g/mol. The van der Waals surface area contributed by atoms with Crippen molar-refractivity contribution in [2.45, 2.75) is 117 Å². The summed E-state index contributed by atoms with van der Waals surface area (Å²) in [5.74, 6) is -3.15. The van der Waals surface area contributed by atoms with Crippen LogP contribution in [0.2, 0.25) is 0 Å². The first-order chi connectivity index (χ1) is 23.7. The van der Waals surface area contributed by atoms with Crippen LogP contribution in [0, 0.1) is 17.8 Å². The number of nitrogens with zero attached hydrogens (tertiary/aromatic N) is 2. The summed E-state index contributed by atoms with van der Waals surface area (Å²) in [6.45, 7) is 11.6. The van der Waals surface area contributed by atoms with Crippen molar-refractivity contribution in [1.29, 1.82) is 0 Å². The van der Waals surface area contributed by atoms with Crippen LogP contribution in [-0.2, 0) is 30.3 Å². The van der Waals surface area contributed by atoms with E-state index in [2.05, 4.69) is 20.9 Å². The Kier molecular flexibility index (Phi) is 18.0. The maximum Gasteiger partial charge on any atom is 0.306 e. The number of hydrogen-bond acceptors (Lipinski definition) is 9. The van der Waals surface area contributed by atoms with E-state index in [4.69, 9.17) is 4.74 Å². The minimum atomic E-state index is -0.945. The first-order valence-electron chi connectivity index (χ1n) is 17.7. The summed E-state index contributed by atoms with van der Waals surface area (Å²) < 4.78 is 5.75. The van der Waals surface area contributed by atoms with Gasteiger partial charge in [-0.15, -0.1) is 23.7 Å². The Morgan fingerprint density at radius 1 is 1.06 bits per heavy atom. The van der Waals surface area contributed by atoms with E-state index >= 15 is 0 Å². The summed E-state index contributed by atoms with van der Waals surface area (Å²) in [6.07, 6.45) is 3.46. The molecule has 3 rings (SSSR count). The number of hydrogen-bond donors (Lipinski definition) is 4. The van der Waals surface area contributed by atoms with Crippen molar-refractivity contribution < 1.29 is 33.8 Å². The molecule has 1 aromatic carbocycles. The van der Waals surface area contributed by atoms with Crippen LogP contribution in [0.3, 0.4) is 0 Å². The molecule has 51 heavy (non-hydrogen) atoms. The Morgan fingerprint density at radius 2 is 1.75 bits per heavy atom. The molecule has 2 heterocycles. The Labute approximate surface area is 312 Å². The topological polar surface area (TPSA) is 167 Å². The summed E-state index contributed by atoms with van der Waals surface area (Å²) in [5, 5.41) is 20.8. The molecule has 1 aliphatic rings. The van der Waals surface area contributed by atoms with Crippen molar-refractivity contribution in [2.75, 3.05) is 13.6 Å². The van der Waals surface area contributed by atoms with Gasteiger partial charge in [-0.3, -0.25) is 24.0 Å². The number of aliphatic carboxylic acids is 1. The molecule has 1 saturated heterocycles. The van der Waals surface area contributed by atoms with E-state index in [9.17, 15) is 29.1 Å². The van der Waals surface area contributed by atoms with Gasteiger partial charge in [-0.2, -0.15) is 0 Å². The maximum absolute atomic E-state index is 14.1. The number of amides is 3. The highest BCUT2D eigenvalue weighted by molar-refractivity contribution is 7.09. The number of ether oxygens (including phenoxy) is 1. The van der Waals surface area contributed by atoms with Crippen LogP contribution in [0.1, 0.15) is 107 Å². The number of carbonyl (C=O) groups is 5. The molecule has 2 aromatic rings. The molecule has 284 valence electrons. The van der Waals surface area contributed by atoms with Crippen LogP contribution in [0.25, 0.3) is 0 Å². The lowest BCUT2D eigenvalue weighted by Gasteiger charge is -2.37. The molecule has 1 aromatic heterocycles. The van der Waals surface area contributed by atoms with Gasteiger partial charge in [-0.1, -0.05) is 77.8 Å². The molecule has 0 bridgehead atoms. The molecule has 12 nitrogen and oxygen atoms in total. The van der Waals surface area contributed by atoms with E-state index in [-0.39, 0.29) is 60.6 Å². The smallest absolute Gasteiger partial charge is 0.306 e. The Bertz CT molecular complexity index is 1440. The van der Waals surface area contributed by atoms with Crippen LogP contribution < -0.4 is 16.0 Å². The highest BCUT2D eigenvalue weighted by atomic mass is 35.5. The first kappa shape index (κ1) is 43.6. The van der Waals surface area contributed by atoms with Gasteiger partial charge in [0.1, 0.15) is 16.7 Å². The lowest BCUT2D eigenvalue weighted by Crippen LogP contribution is -2.57. The molecule has 1 fully saturated rings. The van der Waals surface area contributed by atoms with Gasteiger partial charge >= 0.3 is 11.9 Å². The van der Waals surface area contributed by atoms with Gasteiger partial charge < -0.3 is 30.7 Å². The third kappa shape index (κ3) is 13.2. The summed E-state index contributed by atoms with van der Waals surface area (Å²) in [4.78, 5) is 70.8. The minimum absolute atomic E-state index is 0.